The van der Waals surface area contributed by atoms with Crippen LogP contribution in [0.15, 0.2) is 17.5 Å². The van der Waals surface area contributed by atoms with Crippen molar-refractivity contribution in [2.75, 3.05) is 20.1 Å². The highest BCUT2D eigenvalue weighted by Crippen LogP contribution is 2.19. The van der Waals surface area contributed by atoms with E-state index in [1.165, 1.54) is 4.88 Å². The summed E-state index contributed by atoms with van der Waals surface area (Å²) in [5.41, 5.74) is 0. The summed E-state index contributed by atoms with van der Waals surface area (Å²) in [6, 6.07) is 4.06. The van der Waals surface area contributed by atoms with Crippen LogP contribution in [0, 0.1) is 0 Å². The molecule has 1 aromatic rings. The average Bonchev–Trinajstić information content (AvgIpc) is 3.00. The number of hydrogen-bond donors (Lipinski definition) is 1. The maximum Gasteiger partial charge on any atom is 0.218 e. The molecule has 0 aliphatic carbocycles. The third-order valence-electron chi connectivity index (χ3n) is 3.54. The van der Waals surface area contributed by atoms with Crippen LogP contribution in [-0.4, -0.2) is 44.2 Å². The predicted molar refractivity (Wildman–Crippen MR) is 75.4 cm³/mol. The van der Waals surface area contributed by atoms with Crippen molar-refractivity contribution >= 4 is 21.4 Å². The average molecular weight is 288 g/mol. The third kappa shape index (κ3) is 2.93. The van der Waals surface area contributed by atoms with Gasteiger partial charge in [0.1, 0.15) is 0 Å². The van der Waals surface area contributed by atoms with Crippen molar-refractivity contribution in [3.63, 3.8) is 0 Å². The van der Waals surface area contributed by atoms with E-state index >= 15 is 0 Å². The lowest BCUT2D eigenvalue weighted by molar-refractivity contribution is 0.383. The number of rotatable bonds is 5. The van der Waals surface area contributed by atoms with E-state index in [2.05, 4.69) is 11.4 Å². The molecule has 1 aromatic heterocycles. The minimum atomic E-state index is -3.17. The van der Waals surface area contributed by atoms with Crippen LogP contribution < -0.4 is 5.32 Å². The van der Waals surface area contributed by atoms with Crippen LogP contribution in [-0.2, 0) is 16.4 Å². The predicted octanol–water partition coefficient (Wildman–Crippen LogP) is 1.30. The first kappa shape index (κ1) is 14.0. The second kappa shape index (κ2) is 5.69. The summed E-state index contributed by atoms with van der Waals surface area (Å²) >= 11 is 1.68. The summed E-state index contributed by atoms with van der Waals surface area (Å²) in [5, 5.41) is 4.88. The standard InChI is InChI=1S/C12H20N2O2S2/c1-10(8-11-4-3-7-17-11)14(2)18(15,16)12-5-6-13-9-12/h3-4,7,10,12-13H,5-6,8-9H2,1-2H3. The Morgan fingerprint density at radius 3 is 2.94 bits per heavy atom. The summed E-state index contributed by atoms with van der Waals surface area (Å²) < 4.78 is 26.3. The Labute approximate surface area is 113 Å². The minimum Gasteiger partial charge on any atom is -0.315 e. The number of likely N-dealkylation sites (N-methyl/N-ethyl adjacent to an activating group) is 1. The van der Waals surface area contributed by atoms with E-state index in [4.69, 9.17) is 0 Å². The molecule has 0 saturated carbocycles. The number of hydrogen-bond acceptors (Lipinski definition) is 4. The van der Waals surface area contributed by atoms with E-state index in [0.717, 1.165) is 19.4 Å². The van der Waals surface area contributed by atoms with E-state index in [9.17, 15) is 8.42 Å². The maximum atomic E-state index is 12.4. The molecule has 0 bridgehead atoms. The molecular formula is C12H20N2O2S2. The monoisotopic (exact) mass is 288 g/mol. The molecule has 1 fully saturated rings. The van der Waals surface area contributed by atoms with E-state index < -0.39 is 10.0 Å². The Hall–Kier alpha value is -0.430. The van der Waals surface area contributed by atoms with Gasteiger partial charge in [0.05, 0.1) is 5.25 Å². The first-order valence-corrected chi connectivity index (χ1v) is 8.60. The summed E-state index contributed by atoms with van der Waals surface area (Å²) in [7, 11) is -1.47. The molecule has 2 heterocycles. The second-order valence-corrected chi connectivity index (χ2v) is 8.11. The first-order valence-electron chi connectivity index (χ1n) is 6.21. The van der Waals surface area contributed by atoms with Crippen molar-refractivity contribution in [3.8, 4) is 0 Å². The largest absolute Gasteiger partial charge is 0.315 e. The summed E-state index contributed by atoms with van der Waals surface area (Å²) in [6.45, 7) is 3.36. The van der Waals surface area contributed by atoms with Gasteiger partial charge in [-0.25, -0.2) is 12.7 Å². The van der Waals surface area contributed by atoms with Gasteiger partial charge in [-0.05, 0) is 37.8 Å². The van der Waals surface area contributed by atoms with E-state index in [-0.39, 0.29) is 11.3 Å². The molecule has 102 valence electrons. The lowest BCUT2D eigenvalue weighted by Gasteiger charge is -2.26. The molecule has 0 radical (unpaired) electrons. The van der Waals surface area contributed by atoms with Crippen LogP contribution in [0.1, 0.15) is 18.2 Å². The molecule has 4 nitrogen and oxygen atoms in total. The Morgan fingerprint density at radius 2 is 2.39 bits per heavy atom. The quantitative estimate of drug-likeness (QED) is 0.888. The Balaban J connectivity index is 2.03. The van der Waals surface area contributed by atoms with Crippen molar-refractivity contribution in [1.29, 1.82) is 0 Å². The van der Waals surface area contributed by atoms with Crippen molar-refractivity contribution in [2.45, 2.75) is 31.1 Å². The van der Waals surface area contributed by atoms with Gasteiger partial charge >= 0.3 is 0 Å². The zero-order chi connectivity index (χ0) is 13.2. The number of sulfonamides is 1. The van der Waals surface area contributed by atoms with Crippen LogP contribution in [0.5, 0.6) is 0 Å². The number of thiophene rings is 1. The molecule has 2 unspecified atom stereocenters. The number of nitrogens with one attached hydrogen (secondary N) is 1. The summed E-state index contributed by atoms with van der Waals surface area (Å²) in [6.07, 6.45) is 1.51. The topological polar surface area (TPSA) is 49.4 Å². The van der Waals surface area contributed by atoms with E-state index in [1.807, 2.05) is 18.4 Å². The molecule has 0 amide bonds. The lowest BCUT2D eigenvalue weighted by atomic mass is 10.2. The van der Waals surface area contributed by atoms with Gasteiger partial charge in [-0.1, -0.05) is 6.07 Å². The van der Waals surface area contributed by atoms with Crippen LogP contribution in [0.3, 0.4) is 0 Å². The van der Waals surface area contributed by atoms with Crippen molar-refractivity contribution < 1.29 is 8.42 Å². The number of nitrogens with zero attached hydrogens (tertiary/aromatic N) is 1. The summed E-state index contributed by atoms with van der Waals surface area (Å²) in [4.78, 5) is 1.23. The zero-order valence-corrected chi connectivity index (χ0v) is 12.4. The molecule has 1 saturated heterocycles. The Bertz CT molecular complexity index is 464. The van der Waals surface area contributed by atoms with Gasteiger partial charge in [0.2, 0.25) is 10.0 Å². The molecule has 1 N–H and O–H groups in total. The Morgan fingerprint density at radius 1 is 1.61 bits per heavy atom. The lowest BCUT2D eigenvalue weighted by Crippen LogP contribution is -2.42. The van der Waals surface area contributed by atoms with Gasteiger partial charge in [-0.15, -0.1) is 11.3 Å². The SMILES string of the molecule is CC(Cc1cccs1)N(C)S(=O)(=O)C1CCNC1. The molecule has 1 aliphatic heterocycles. The van der Waals surface area contributed by atoms with E-state index in [1.54, 1.807) is 22.7 Å². The molecule has 1 aliphatic rings. The highest BCUT2D eigenvalue weighted by Gasteiger charge is 2.34. The van der Waals surface area contributed by atoms with Crippen molar-refractivity contribution in [1.82, 2.24) is 9.62 Å². The first-order chi connectivity index (χ1) is 8.51. The fourth-order valence-electron chi connectivity index (χ4n) is 2.22. The molecule has 18 heavy (non-hydrogen) atoms. The van der Waals surface area contributed by atoms with Crippen molar-refractivity contribution in [3.05, 3.63) is 22.4 Å². The molecule has 6 heteroatoms. The van der Waals surface area contributed by atoms with Gasteiger partial charge in [-0.2, -0.15) is 0 Å². The molecule has 2 rings (SSSR count). The second-order valence-electron chi connectivity index (χ2n) is 4.81. The van der Waals surface area contributed by atoms with Crippen LogP contribution in [0.4, 0.5) is 0 Å². The van der Waals surface area contributed by atoms with Crippen molar-refractivity contribution in [2.24, 2.45) is 0 Å². The zero-order valence-electron chi connectivity index (χ0n) is 10.8. The van der Waals surface area contributed by atoms with Crippen LogP contribution >= 0.6 is 11.3 Å². The maximum absolute atomic E-state index is 12.4. The van der Waals surface area contributed by atoms with Gasteiger partial charge in [-0.3, -0.25) is 0 Å². The minimum absolute atomic E-state index is 0.00856. The van der Waals surface area contributed by atoms with Gasteiger partial charge in [0, 0.05) is 24.5 Å². The smallest absolute Gasteiger partial charge is 0.218 e. The highest BCUT2D eigenvalue weighted by molar-refractivity contribution is 7.89. The highest BCUT2D eigenvalue weighted by atomic mass is 32.2. The van der Waals surface area contributed by atoms with Gasteiger partial charge < -0.3 is 5.32 Å². The fraction of sp³-hybridized carbons (Fsp3) is 0.667. The van der Waals surface area contributed by atoms with Crippen LogP contribution in [0.2, 0.25) is 0 Å². The summed E-state index contributed by atoms with van der Waals surface area (Å²) in [5.74, 6) is 0. The molecule has 2 atom stereocenters. The Kier molecular flexibility index (Phi) is 4.42. The molecule has 0 aromatic carbocycles. The normalized spacial score (nSPS) is 22.5. The van der Waals surface area contributed by atoms with Crippen LogP contribution in [0.25, 0.3) is 0 Å². The van der Waals surface area contributed by atoms with Gasteiger partial charge in [0.25, 0.3) is 0 Å². The third-order valence-corrected chi connectivity index (χ3v) is 6.84. The molecular weight excluding hydrogens is 268 g/mol. The fourth-order valence-corrected chi connectivity index (χ4v) is 4.83. The van der Waals surface area contributed by atoms with Gasteiger partial charge in [0.15, 0.2) is 0 Å². The van der Waals surface area contributed by atoms with E-state index in [0.29, 0.717) is 6.54 Å². The molecule has 0 spiro atoms.